The molecule has 3 rings (SSSR count). The first-order valence-electron chi connectivity index (χ1n) is 8.55. The molecule has 1 aromatic heterocycles. The Morgan fingerprint density at radius 1 is 1.00 bits per heavy atom. The van der Waals surface area contributed by atoms with Crippen molar-refractivity contribution in [1.82, 2.24) is 9.55 Å². The van der Waals surface area contributed by atoms with Crippen molar-refractivity contribution >= 4 is 11.8 Å². The monoisotopic (exact) mass is 352 g/mol. The van der Waals surface area contributed by atoms with Crippen molar-refractivity contribution in [2.45, 2.75) is 44.3 Å². The van der Waals surface area contributed by atoms with Gasteiger partial charge in [0.1, 0.15) is 0 Å². The van der Waals surface area contributed by atoms with E-state index in [1.165, 1.54) is 22.3 Å². The van der Waals surface area contributed by atoms with E-state index in [-0.39, 0.29) is 6.61 Å². The maximum absolute atomic E-state index is 9.61. The van der Waals surface area contributed by atoms with Crippen molar-refractivity contribution in [2.24, 2.45) is 0 Å². The minimum absolute atomic E-state index is 0.0198. The third kappa shape index (κ3) is 4.53. The van der Waals surface area contributed by atoms with E-state index in [9.17, 15) is 5.11 Å². The molecule has 3 nitrogen and oxygen atoms in total. The Morgan fingerprint density at radius 3 is 2.52 bits per heavy atom. The Balaban J connectivity index is 1.70. The molecule has 2 aromatic carbocycles. The molecule has 1 N–H and O–H groups in total. The number of hydrogen-bond acceptors (Lipinski definition) is 3. The number of aliphatic hydroxyl groups is 1. The highest BCUT2D eigenvalue weighted by Crippen LogP contribution is 2.24. The Hall–Kier alpha value is -2.04. The Morgan fingerprint density at radius 2 is 1.80 bits per heavy atom. The van der Waals surface area contributed by atoms with Gasteiger partial charge in [0.05, 0.1) is 18.5 Å². The molecule has 25 heavy (non-hydrogen) atoms. The highest BCUT2D eigenvalue weighted by Gasteiger charge is 2.10. The second-order valence-electron chi connectivity index (χ2n) is 6.28. The summed E-state index contributed by atoms with van der Waals surface area (Å²) in [6.45, 7) is 5.13. The summed E-state index contributed by atoms with van der Waals surface area (Å²) in [4.78, 5) is 4.52. The van der Waals surface area contributed by atoms with Crippen molar-refractivity contribution in [1.29, 1.82) is 0 Å². The van der Waals surface area contributed by atoms with Gasteiger partial charge in [-0.1, -0.05) is 60.3 Å². The predicted octanol–water partition coefficient (Wildman–Crippen LogP) is 4.53. The van der Waals surface area contributed by atoms with E-state index >= 15 is 0 Å². The molecule has 0 radical (unpaired) electrons. The van der Waals surface area contributed by atoms with Crippen LogP contribution in [0.1, 0.15) is 27.9 Å². The quantitative estimate of drug-likeness (QED) is 0.635. The zero-order valence-corrected chi connectivity index (χ0v) is 15.6. The van der Waals surface area contributed by atoms with E-state index in [1.807, 2.05) is 6.07 Å². The molecule has 0 saturated heterocycles. The van der Waals surface area contributed by atoms with Crippen LogP contribution in [0.25, 0.3) is 0 Å². The Bertz CT molecular complexity index is 827. The van der Waals surface area contributed by atoms with E-state index in [2.05, 4.69) is 65.9 Å². The minimum Gasteiger partial charge on any atom is -0.390 e. The summed E-state index contributed by atoms with van der Waals surface area (Å²) >= 11 is 1.73. The number of benzene rings is 2. The molecule has 3 aromatic rings. The molecule has 0 aliphatic rings. The van der Waals surface area contributed by atoms with Crippen LogP contribution in [-0.4, -0.2) is 14.7 Å². The van der Waals surface area contributed by atoms with Gasteiger partial charge < -0.3 is 9.67 Å². The van der Waals surface area contributed by atoms with Crippen LogP contribution in [0.3, 0.4) is 0 Å². The fraction of sp³-hybridized carbons (Fsp3) is 0.286. The van der Waals surface area contributed by atoms with Crippen molar-refractivity contribution < 1.29 is 5.11 Å². The standard InChI is InChI=1S/C21H24N2OS/c1-16-8-9-19(12-17(16)2)15-25-21-22-13-20(14-24)23(21)11-10-18-6-4-3-5-7-18/h3-9,12-13,24H,10-11,14-15H2,1-2H3. The summed E-state index contributed by atoms with van der Waals surface area (Å²) in [6.07, 6.45) is 2.72. The molecule has 130 valence electrons. The maximum atomic E-state index is 9.61. The van der Waals surface area contributed by atoms with Gasteiger partial charge in [-0.2, -0.15) is 0 Å². The minimum atomic E-state index is 0.0198. The van der Waals surface area contributed by atoms with Gasteiger partial charge in [0.15, 0.2) is 5.16 Å². The van der Waals surface area contributed by atoms with E-state index in [1.54, 1.807) is 18.0 Å². The van der Waals surface area contributed by atoms with Gasteiger partial charge in [-0.25, -0.2) is 4.98 Å². The highest BCUT2D eigenvalue weighted by molar-refractivity contribution is 7.98. The molecular weight excluding hydrogens is 328 g/mol. The van der Waals surface area contributed by atoms with Gasteiger partial charge >= 0.3 is 0 Å². The molecule has 4 heteroatoms. The van der Waals surface area contributed by atoms with Gasteiger partial charge in [-0.3, -0.25) is 0 Å². The van der Waals surface area contributed by atoms with Crippen LogP contribution in [-0.2, 0) is 25.3 Å². The lowest BCUT2D eigenvalue weighted by Gasteiger charge is -2.11. The number of thioether (sulfide) groups is 1. The third-order valence-corrected chi connectivity index (χ3v) is 5.53. The number of aliphatic hydroxyl groups excluding tert-OH is 1. The number of imidazole rings is 1. The van der Waals surface area contributed by atoms with Gasteiger partial charge in [-0.15, -0.1) is 0 Å². The van der Waals surface area contributed by atoms with Gasteiger partial charge in [0.2, 0.25) is 0 Å². The second kappa shape index (κ2) is 8.37. The van der Waals surface area contributed by atoms with Crippen LogP contribution < -0.4 is 0 Å². The third-order valence-electron chi connectivity index (χ3n) is 4.47. The normalized spacial score (nSPS) is 11.0. The lowest BCUT2D eigenvalue weighted by atomic mass is 10.1. The smallest absolute Gasteiger partial charge is 0.168 e. The molecule has 0 aliphatic heterocycles. The summed E-state index contributed by atoms with van der Waals surface area (Å²) in [5, 5.41) is 10.6. The molecule has 0 spiro atoms. The molecule has 0 bridgehead atoms. The van der Waals surface area contributed by atoms with Crippen molar-refractivity contribution in [3.05, 3.63) is 82.7 Å². The zero-order chi connectivity index (χ0) is 17.6. The number of rotatable bonds is 7. The maximum Gasteiger partial charge on any atom is 0.168 e. The second-order valence-corrected chi connectivity index (χ2v) is 7.23. The topological polar surface area (TPSA) is 38.1 Å². The first-order valence-corrected chi connectivity index (χ1v) is 9.54. The predicted molar refractivity (Wildman–Crippen MR) is 104 cm³/mol. The van der Waals surface area contributed by atoms with Crippen LogP contribution in [0.2, 0.25) is 0 Å². The molecule has 0 fully saturated rings. The Labute approximate surface area is 153 Å². The van der Waals surface area contributed by atoms with Crippen molar-refractivity contribution in [3.63, 3.8) is 0 Å². The van der Waals surface area contributed by atoms with Crippen LogP contribution in [0.4, 0.5) is 0 Å². The molecule has 0 aliphatic carbocycles. The summed E-state index contributed by atoms with van der Waals surface area (Å²) in [6, 6.07) is 17.0. The average Bonchev–Trinajstić information content (AvgIpc) is 3.03. The molecule has 0 saturated carbocycles. The average molecular weight is 353 g/mol. The largest absolute Gasteiger partial charge is 0.390 e. The first kappa shape index (κ1) is 17.8. The van der Waals surface area contributed by atoms with Gasteiger partial charge in [-0.05, 0) is 42.5 Å². The summed E-state index contributed by atoms with van der Waals surface area (Å²) in [5.74, 6) is 0.883. The highest BCUT2D eigenvalue weighted by atomic mass is 32.2. The van der Waals surface area contributed by atoms with Gasteiger partial charge in [0, 0.05) is 12.3 Å². The summed E-state index contributed by atoms with van der Waals surface area (Å²) in [7, 11) is 0. The van der Waals surface area contributed by atoms with Crippen molar-refractivity contribution in [3.8, 4) is 0 Å². The van der Waals surface area contributed by atoms with E-state index in [0.29, 0.717) is 0 Å². The Kier molecular flexibility index (Phi) is 5.95. The number of hydrogen-bond donors (Lipinski definition) is 1. The number of aryl methyl sites for hydroxylation is 3. The van der Waals surface area contributed by atoms with Crippen LogP contribution in [0, 0.1) is 13.8 Å². The SMILES string of the molecule is Cc1ccc(CSc2ncc(CO)n2CCc2ccccc2)cc1C. The van der Waals surface area contributed by atoms with Crippen LogP contribution >= 0.6 is 11.8 Å². The molecule has 1 heterocycles. The number of nitrogens with zero attached hydrogens (tertiary/aromatic N) is 2. The lowest BCUT2D eigenvalue weighted by Crippen LogP contribution is -2.07. The summed E-state index contributed by atoms with van der Waals surface area (Å²) < 4.78 is 2.14. The van der Waals surface area contributed by atoms with E-state index in [4.69, 9.17) is 0 Å². The molecule has 0 amide bonds. The van der Waals surface area contributed by atoms with Crippen LogP contribution in [0.5, 0.6) is 0 Å². The zero-order valence-electron chi connectivity index (χ0n) is 14.8. The van der Waals surface area contributed by atoms with E-state index in [0.717, 1.165) is 29.6 Å². The van der Waals surface area contributed by atoms with Gasteiger partial charge in [0.25, 0.3) is 0 Å². The fourth-order valence-corrected chi connectivity index (χ4v) is 3.77. The van der Waals surface area contributed by atoms with Crippen molar-refractivity contribution in [2.75, 3.05) is 0 Å². The molecule has 0 atom stereocenters. The summed E-state index contributed by atoms with van der Waals surface area (Å²) in [5.41, 5.74) is 6.11. The fourth-order valence-electron chi connectivity index (χ4n) is 2.80. The van der Waals surface area contributed by atoms with Crippen LogP contribution in [0.15, 0.2) is 59.9 Å². The first-order chi connectivity index (χ1) is 12.2. The number of aromatic nitrogens is 2. The molecular formula is C21H24N2OS. The van der Waals surface area contributed by atoms with E-state index < -0.39 is 0 Å². The lowest BCUT2D eigenvalue weighted by molar-refractivity contribution is 0.269. The molecule has 0 unspecified atom stereocenters.